The molecule has 10 nitrogen and oxygen atoms in total. The number of hydrogen-bond acceptors (Lipinski definition) is 6. The van der Waals surface area contributed by atoms with Crippen LogP contribution in [0.25, 0.3) is 0 Å². The van der Waals surface area contributed by atoms with Crippen molar-refractivity contribution >= 4 is 11.8 Å². The topological polar surface area (TPSA) is 104 Å². The smallest absolute Gasteiger partial charge is 0.274 e. The van der Waals surface area contributed by atoms with Crippen molar-refractivity contribution in [3.05, 3.63) is 65.0 Å². The number of morpholine rings is 1. The van der Waals surface area contributed by atoms with Gasteiger partial charge in [0.25, 0.3) is 11.8 Å². The standard InChI is InChI=1S/C25H32N6O4/c1-4-31-22(14-18(2)28-31)24(32)26-8-11-35-23-7-5-6-20(19(23)3)15-29-16-21(27-17-29)25(33)30-9-12-34-13-10-30/h5-7,14,16-17H,4,8-13,15H2,1-3H3,(H,26,32). The van der Waals surface area contributed by atoms with Crippen LogP contribution in [-0.2, 0) is 17.8 Å². The molecular formula is C25H32N6O4. The van der Waals surface area contributed by atoms with E-state index in [1.807, 2.05) is 43.5 Å². The predicted octanol–water partition coefficient (Wildman–Crippen LogP) is 2.05. The Labute approximate surface area is 204 Å². The van der Waals surface area contributed by atoms with Gasteiger partial charge in [0.05, 0.1) is 31.8 Å². The minimum Gasteiger partial charge on any atom is -0.491 e. The van der Waals surface area contributed by atoms with E-state index in [-0.39, 0.29) is 11.8 Å². The lowest BCUT2D eigenvalue weighted by Crippen LogP contribution is -2.40. The van der Waals surface area contributed by atoms with Crippen LogP contribution in [0.1, 0.15) is 44.7 Å². The van der Waals surface area contributed by atoms with Crippen LogP contribution in [0.3, 0.4) is 0 Å². The Morgan fingerprint density at radius 1 is 1.20 bits per heavy atom. The number of hydrogen-bond donors (Lipinski definition) is 1. The van der Waals surface area contributed by atoms with Gasteiger partial charge >= 0.3 is 0 Å². The van der Waals surface area contributed by atoms with Crippen LogP contribution >= 0.6 is 0 Å². The predicted molar refractivity (Wildman–Crippen MR) is 130 cm³/mol. The molecule has 3 aromatic rings. The summed E-state index contributed by atoms with van der Waals surface area (Å²) in [7, 11) is 0. The van der Waals surface area contributed by atoms with E-state index in [1.54, 1.807) is 28.2 Å². The van der Waals surface area contributed by atoms with Gasteiger partial charge in [-0.2, -0.15) is 5.10 Å². The second kappa shape index (κ2) is 11.2. The molecule has 2 aromatic heterocycles. The zero-order valence-corrected chi connectivity index (χ0v) is 20.5. The average molecular weight is 481 g/mol. The van der Waals surface area contributed by atoms with Crippen molar-refractivity contribution in [3.63, 3.8) is 0 Å². The normalized spacial score (nSPS) is 13.6. The quantitative estimate of drug-likeness (QED) is 0.470. The molecule has 1 aliphatic heterocycles. The molecule has 1 fully saturated rings. The number of benzene rings is 1. The van der Waals surface area contributed by atoms with Crippen molar-refractivity contribution in [2.45, 2.75) is 33.9 Å². The highest BCUT2D eigenvalue weighted by atomic mass is 16.5. The van der Waals surface area contributed by atoms with E-state index >= 15 is 0 Å². The van der Waals surface area contributed by atoms with Gasteiger partial charge in [0.15, 0.2) is 0 Å². The molecule has 0 spiro atoms. The number of rotatable bonds is 9. The summed E-state index contributed by atoms with van der Waals surface area (Å²) in [5.74, 6) is 0.528. The van der Waals surface area contributed by atoms with Gasteiger partial charge in [0.2, 0.25) is 0 Å². The van der Waals surface area contributed by atoms with Gasteiger partial charge in [-0.3, -0.25) is 14.3 Å². The summed E-state index contributed by atoms with van der Waals surface area (Å²) in [6.07, 6.45) is 3.46. The van der Waals surface area contributed by atoms with Crippen LogP contribution < -0.4 is 10.1 Å². The largest absolute Gasteiger partial charge is 0.491 e. The lowest BCUT2D eigenvalue weighted by Gasteiger charge is -2.25. The molecule has 1 N–H and O–H groups in total. The van der Waals surface area contributed by atoms with Crippen LogP contribution in [-0.4, -0.2) is 75.5 Å². The Morgan fingerprint density at radius 3 is 2.77 bits per heavy atom. The molecule has 0 saturated carbocycles. The molecule has 0 aliphatic carbocycles. The zero-order chi connectivity index (χ0) is 24.8. The van der Waals surface area contributed by atoms with Crippen molar-refractivity contribution in [2.75, 3.05) is 39.5 Å². The Kier molecular flexibility index (Phi) is 7.81. The van der Waals surface area contributed by atoms with Crippen molar-refractivity contribution in [2.24, 2.45) is 0 Å². The summed E-state index contributed by atoms with van der Waals surface area (Å²) in [6, 6.07) is 7.66. The van der Waals surface area contributed by atoms with E-state index in [1.165, 1.54) is 0 Å². The monoisotopic (exact) mass is 480 g/mol. The van der Waals surface area contributed by atoms with E-state index in [4.69, 9.17) is 9.47 Å². The third-order valence-corrected chi connectivity index (χ3v) is 5.98. The summed E-state index contributed by atoms with van der Waals surface area (Å²) in [5, 5.41) is 7.20. The molecule has 4 rings (SSSR count). The fraction of sp³-hybridized carbons (Fsp3) is 0.440. The van der Waals surface area contributed by atoms with Gasteiger partial charge in [-0.05, 0) is 44.0 Å². The van der Waals surface area contributed by atoms with E-state index in [0.717, 1.165) is 22.6 Å². The third kappa shape index (κ3) is 5.89. The van der Waals surface area contributed by atoms with Gasteiger partial charge < -0.3 is 24.3 Å². The SMILES string of the molecule is CCn1nc(C)cc1C(=O)NCCOc1cccc(Cn2cnc(C(=O)N3CCOCC3)c2)c1C. The second-order valence-electron chi connectivity index (χ2n) is 8.47. The molecule has 10 heteroatoms. The highest BCUT2D eigenvalue weighted by molar-refractivity contribution is 5.92. The molecule has 3 heterocycles. The summed E-state index contributed by atoms with van der Waals surface area (Å²) < 4.78 is 14.9. The lowest BCUT2D eigenvalue weighted by atomic mass is 10.1. The minimum absolute atomic E-state index is 0.0694. The third-order valence-electron chi connectivity index (χ3n) is 5.98. The number of aryl methyl sites for hydroxylation is 2. The molecule has 35 heavy (non-hydrogen) atoms. The first kappa shape index (κ1) is 24.5. The number of amides is 2. The maximum Gasteiger partial charge on any atom is 0.274 e. The number of nitrogens with one attached hydrogen (secondary N) is 1. The minimum atomic E-state index is -0.163. The summed E-state index contributed by atoms with van der Waals surface area (Å²) in [6.45, 7) is 10.1. The number of aromatic nitrogens is 4. The number of ether oxygens (including phenoxy) is 2. The van der Waals surface area contributed by atoms with E-state index < -0.39 is 0 Å². The first-order chi connectivity index (χ1) is 17.0. The summed E-state index contributed by atoms with van der Waals surface area (Å²) in [4.78, 5) is 31.2. The van der Waals surface area contributed by atoms with Gasteiger partial charge in [-0.25, -0.2) is 4.98 Å². The molecule has 1 aromatic carbocycles. The second-order valence-corrected chi connectivity index (χ2v) is 8.47. The van der Waals surface area contributed by atoms with Crippen LogP contribution in [0.4, 0.5) is 0 Å². The maximum atomic E-state index is 12.6. The number of carbonyl (C=O) groups excluding carboxylic acids is 2. The Balaban J connectivity index is 1.31. The Hall–Kier alpha value is -3.66. The lowest BCUT2D eigenvalue weighted by molar-refractivity contribution is 0.0299. The molecular weight excluding hydrogens is 448 g/mol. The van der Waals surface area contributed by atoms with E-state index in [0.29, 0.717) is 63.9 Å². The van der Waals surface area contributed by atoms with Gasteiger partial charge in [0.1, 0.15) is 23.7 Å². The van der Waals surface area contributed by atoms with Crippen LogP contribution in [0, 0.1) is 13.8 Å². The molecule has 0 bridgehead atoms. The van der Waals surface area contributed by atoms with Crippen LogP contribution in [0.5, 0.6) is 5.75 Å². The molecule has 2 amide bonds. The van der Waals surface area contributed by atoms with Crippen LogP contribution in [0.2, 0.25) is 0 Å². The van der Waals surface area contributed by atoms with Crippen molar-refractivity contribution in [1.29, 1.82) is 0 Å². The average Bonchev–Trinajstić information content (AvgIpc) is 3.50. The van der Waals surface area contributed by atoms with E-state index in [2.05, 4.69) is 15.4 Å². The molecule has 1 aliphatic rings. The molecule has 0 atom stereocenters. The van der Waals surface area contributed by atoms with Gasteiger partial charge in [-0.15, -0.1) is 0 Å². The van der Waals surface area contributed by atoms with Gasteiger partial charge in [0, 0.05) is 32.4 Å². The van der Waals surface area contributed by atoms with Crippen LogP contribution in [0.15, 0.2) is 36.8 Å². The summed E-state index contributed by atoms with van der Waals surface area (Å²) >= 11 is 0. The fourth-order valence-corrected chi connectivity index (χ4v) is 4.06. The molecule has 1 saturated heterocycles. The molecule has 186 valence electrons. The number of imidazole rings is 1. The maximum absolute atomic E-state index is 12.6. The number of nitrogens with zero attached hydrogens (tertiary/aromatic N) is 5. The highest BCUT2D eigenvalue weighted by Crippen LogP contribution is 2.22. The first-order valence-electron chi connectivity index (χ1n) is 11.9. The van der Waals surface area contributed by atoms with E-state index in [9.17, 15) is 9.59 Å². The fourth-order valence-electron chi connectivity index (χ4n) is 4.06. The molecule has 0 radical (unpaired) electrons. The van der Waals surface area contributed by atoms with Crippen molar-refractivity contribution in [1.82, 2.24) is 29.5 Å². The zero-order valence-electron chi connectivity index (χ0n) is 20.5. The Bertz CT molecular complexity index is 1180. The van der Waals surface area contributed by atoms with Crippen molar-refractivity contribution in [3.8, 4) is 5.75 Å². The molecule has 0 unspecified atom stereocenters. The van der Waals surface area contributed by atoms with Gasteiger partial charge in [-0.1, -0.05) is 12.1 Å². The highest BCUT2D eigenvalue weighted by Gasteiger charge is 2.20. The summed E-state index contributed by atoms with van der Waals surface area (Å²) in [5.41, 5.74) is 3.88. The Morgan fingerprint density at radius 2 is 2.00 bits per heavy atom. The number of carbonyl (C=O) groups is 2. The first-order valence-corrected chi connectivity index (χ1v) is 11.9. The van der Waals surface area contributed by atoms with Crippen molar-refractivity contribution < 1.29 is 19.1 Å².